The van der Waals surface area contributed by atoms with E-state index in [1.54, 1.807) is 6.20 Å². The Morgan fingerprint density at radius 1 is 1.17 bits per heavy atom. The topological polar surface area (TPSA) is 83.4 Å². The summed E-state index contributed by atoms with van der Waals surface area (Å²) in [6.07, 6.45) is 5.00. The van der Waals surface area contributed by atoms with Gasteiger partial charge in [0.1, 0.15) is 11.8 Å². The molecule has 8 heteroatoms. The molecule has 3 atom stereocenters. The molecule has 1 fully saturated rings. The fraction of sp³-hybridized carbons (Fsp3) is 0.393. The lowest BCUT2D eigenvalue weighted by atomic mass is 10.0. The third kappa shape index (κ3) is 5.47. The van der Waals surface area contributed by atoms with E-state index in [0.29, 0.717) is 25.4 Å². The summed E-state index contributed by atoms with van der Waals surface area (Å²) >= 11 is 3.62. The zero-order valence-electron chi connectivity index (χ0n) is 20.8. The Morgan fingerprint density at radius 3 is 2.86 bits per heavy atom. The molecule has 36 heavy (non-hydrogen) atoms. The van der Waals surface area contributed by atoms with E-state index in [9.17, 15) is 4.79 Å². The molecule has 2 aliphatic rings. The van der Waals surface area contributed by atoms with Crippen molar-refractivity contribution in [3.05, 3.63) is 70.6 Å². The number of hydrogen-bond donors (Lipinski definition) is 3. The number of ether oxygens (including phenoxy) is 1. The van der Waals surface area contributed by atoms with Gasteiger partial charge in [0.15, 0.2) is 0 Å². The first-order valence-electron chi connectivity index (χ1n) is 12.7. The van der Waals surface area contributed by atoms with E-state index < -0.39 is 0 Å². The lowest BCUT2D eigenvalue weighted by molar-refractivity contribution is 0.0378. The monoisotopic (exact) mass is 522 g/mol. The SMILES string of the molecule is CCCCC(Nc1ccc2c(c1)Sc1cccc(C3CN(c4ccc[nH]c4=O)CCO3)c1S2)[C@H](C)N. The van der Waals surface area contributed by atoms with E-state index in [1.165, 1.54) is 38.0 Å². The average molecular weight is 523 g/mol. The highest BCUT2D eigenvalue weighted by Crippen LogP contribution is 2.51. The highest BCUT2D eigenvalue weighted by molar-refractivity contribution is 8.05. The summed E-state index contributed by atoms with van der Waals surface area (Å²) in [4.78, 5) is 22.3. The van der Waals surface area contributed by atoms with E-state index >= 15 is 0 Å². The van der Waals surface area contributed by atoms with E-state index in [2.05, 4.69) is 65.4 Å². The minimum atomic E-state index is -0.0886. The van der Waals surface area contributed by atoms with Crippen LogP contribution in [0.4, 0.5) is 11.4 Å². The summed E-state index contributed by atoms with van der Waals surface area (Å²) in [5.74, 6) is 0. The molecule has 2 aliphatic heterocycles. The van der Waals surface area contributed by atoms with Gasteiger partial charge in [-0.3, -0.25) is 4.79 Å². The molecular weight excluding hydrogens is 488 g/mol. The highest BCUT2D eigenvalue weighted by atomic mass is 32.2. The summed E-state index contributed by atoms with van der Waals surface area (Å²) in [6, 6.07) is 17.2. The Bertz CT molecular complexity index is 1260. The van der Waals surface area contributed by atoms with Crippen LogP contribution < -0.4 is 21.5 Å². The Morgan fingerprint density at radius 2 is 2.06 bits per heavy atom. The van der Waals surface area contributed by atoms with Gasteiger partial charge in [-0.1, -0.05) is 55.4 Å². The van der Waals surface area contributed by atoms with Gasteiger partial charge < -0.3 is 25.7 Å². The van der Waals surface area contributed by atoms with Crippen LogP contribution in [0.5, 0.6) is 0 Å². The molecule has 0 spiro atoms. The van der Waals surface area contributed by atoms with Gasteiger partial charge in [-0.05, 0) is 55.3 Å². The number of unbranched alkanes of at least 4 members (excludes halogenated alkanes) is 1. The minimum absolute atomic E-state index is 0.0579. The number of hydrogen-bond acceptors (Lipinski definition) is 7. The number of rotatable bonds is 8. The maximum atomic E-state index is 12.4. The second kappa shape index (κ2) is 11.3. The molecule has 1 aromatic heterocycles. The molecular formula is C28H34N4O2S2. The summed E-state index contributed by atoms with van der Waals surface area (Å²) in [5, 5.41) is 3.67. The Balaban J connectivity index is 1.35. The van der Waals surface area contributed by atoms with Gasteiger partial charge in [0.2, 0.25) is 0 Å². The molecule has 0 amide bonds. The predicted molar refractivity (Wildman–Crippen MR) is 150 cm³/mol. The number of H-pyrrole nitrogens is 1. The van der Waals surface area contributed by atoms with Gasteiger partial charge in [0.05, 0.1) is 6.61 Å². The van der Waals surface area contributed by atoms with Crippen molar-refractivity contribution in [2.45, 2.75) is 70.9 Å². The molecule has 0 aliphatic carbocycles. The number of aromatic amines is 1. The maximum absolute atomic E-state index is 12.4. The molecule has 190 valence electrons. The van der Waals surface area contributed by atoms with Crippen molar-refractivity contribution in [1.29, 1.82) is 0 Å². The predicted octanol–water partition coefficient (Wildman–Crippen LogP) is 5.89. The number of nitrogens with zero attached hydrogens (tertiary/aromatic N) is 1. The van der Waals surface area contributed by atoms with Crippen LogP contribution in [0.2, 0.25) is 0 Å². The van der Waals surface area contributed by atoms with Crippen LogP contribution in [0.15, 0.2) is 79.1 Å². The number of fused-ring (bicyclic) bond motifs is 2. The number of nitrogens with one attached hydrogen (secondary N) is 2. The van der Waals surface area contributed by atoms with Gasteiger partial charge >= 0.3 is 0 Å². The van der Waals surface area contributed by atoms with Crippen molar-refractivity contribution in [2.75, 3.05) is 29.9 Å². The first-order valence-corrected chi connectivity index (χ1v) is 14.4. The molecule has 3 heterocycles. The third-order valence-corrected chi connectivity index (χ3v) is 9.40. The summed E-state index contributed by atoms with van der Waals surface area (Å²) in [7, 11) is 0. The van der Waals surface area contributed by atoms with E-state index in [4.69, 9.17) is 10.5 Å². The molecule has 0 bridgehead atoms. The Kier molecular flexibility index (Phi) is 7.96. The van der Waals surface area contributed by atoms with Gasteiger partial charge in [0.25, 0.3) is 5.56 Å². The molecule has 2 aromatic carbocycles. The lowest BCUT2D eigenvalue weighted by Gasteiger charge is -2.35. The normalized spacial score (nSPS) is 18.8. The third-order valence-electron chi connectivity index (χ3n) is 6.79. The number of pyridine rings is 1. The van der Waals surface area contributed by atoms with Crippen molar-refractivity contribution in [1.82, 2.24) is 4.98 Å². The molecule has 6 nitrogen and oxygen atoms in total. The fourth-order valence-corrected chi connectivity index (χ4v) is 7.24. The number of aromatic nitrogens is 1. The van der Waals surface area contributed by atoms with Crippen LogP contribution in [0.3, 0.4) is 0 Å². The first kappa shape index (κ1) is 25.3. The zero-order chi connectivity index (χ0) is 25.1. The second-order valence-corrected chi connectivity index (χ2v) is 11.6. The molecule has 4 N–H and O–H groups in total. The van der Waals surface area contributed by atoms with Crippen LogP contribution >= 0.6 is 23.5 Å². The Labute approximate surface area is 221 Å². The molecule has 0 radical (unpaired) electrons. The maximum Gasteiger partial charge on any atom is 0.271 e. The van der Waals surface area contributed by atoms with Crippen LogP contribution in [0.1, 0.15) is 44.8 Å². The van der Waals surface area contributed by atoms with E-state index in [-0.39, 0.29) is 23.7 Å². The highest BCUT2D eigenvalue weighted by Gasteiger charge is 2.29. The van der Waals surface area contributed by atoms with Crippen LogP contribution in [0.25, 0.3) is 0 Å². The van der Waals surface area contributed by atoms with Crippen LogP contribution in [0, 0.1) is 0 Å². The van der Waals surface area contributed by atoms with Gasteiger partial charge in [0, 0.05) is 56.6 Å². The van der Waals surface area contributed by atoms with Crippen LogP contribution in [-0.2, 0) is 4.74 Å². The van der Waals surface area contributed by atoms with E-state index in [1.807, 2.05) is 35.7 Å². The average Bonchev–Trinajstić information content (AvgIpc) is 2.89. The number of anilines is 2. The smallest absolute Gasteiger partial charge is 0.271 e. The number of nitrogens with two attached hydrogens (primary N) is 1. The van der Waals surface area contributed by atoms with Gasteiger partial charge in [-0.25, -0.2) is 0 Å². The van der Waals surface area contributed by atoms with Crippen molar-refractivity contribution < 1.29 is 4.74 Å². The van der Waals surface area contributed by atoms with E-state index in [0.717, 1.165) is 12.1 Å². The molecule has 2 unspecified atom stereocenters. The van der Waals surface area contributed by atoms with Crippen molar-refractivity contribution in [2.24, 2.45) is 5.73 Å². The lowest BCUT2D eigenvalue weighted by Crippen LogP contribution is -2.41. The molecule has 1 saturated heterocycles. The van der Waals surface area contributed by atoms with Crippen LogP contribution in [-0.4, -0.2) is 36.8 Å². The first-order chi connectivity index (χ1) is 17.5. The zero-order valence-corrected chi connectivity index (χ0v) is 22.5. The Hall–Kier alpha value is -2.39. The number of benzene rings is 2. The second-order valence-electron chi connectivity index (χ2n) is 9.48. The van der Waals surface area contributed by atoms with Crippen molar-refractivity contribution in [3.8, 4) is 0 Å². The fourth-order valence-electron chi connectivity index (χ4n) is 4.79. The largest absolute Gasteiger partial charge is 0.381 e. The van der Waals surface area contributed by atoms with Gasteiger partial charge in [-0.15, -0.1) is 0 Å². The number of morpholine rings is 1. The van der Waals surface area contributed by atoms with Crippen molar-refractivity contribution >= 4 is 34.9 Å². The molecule has 3 aromatic rings. The molecule has 5 rings (SSSR count). The van der Waals surface area contributed by atoms with Gasteiger partial charge in [-0.2, -0.15) is 0 Å². The summed E-state index contributed by atoms with van der Waals surface area (Å²) < 4.78 is 6.23. The minimum Gasteiger partial charge on any atom is -0.381 e. The summed E-state index contributed by atoms with van der Waals surface area (Å²) in [5.41, 5.74) is 9.22. The quantitative estimate of drug-likeness (QED) is 0.266. The molecule has 0 saturated carbocycles. The van der Waals surface area contributed by atoms with Crippen molar-refractivity contribution in [3.63, 3.8) is 0 Å². The summed E-state index contributed by atoms with van der Waals surface area (Å²) in [6.45, 7) is 6.25. The standard InChI is InChI=1S/C28H34N4O2S2/c1-3-4-8-21(18(2)29)31-19-11-12-24-26(16-19)35-25-10-5-7-20(27(25)36-24)23-17-32(14-15-34-23)22-9-6-13-30-28(22)33/h5-7,9-13,16,18,21,23,31H,3-4,8,14-15,17,29H2,1-2H3,(H,30,33)/t18-,21?,23?/m0/s1.